The molecule has 1 amide bonds. The number of sulfonamides is 1. The van der Waals surface area contributed by atoms with Crippen molar-refractivity contribution in [2.24, 2.45) is 0 Å². The SMILES string of the molecule is CS(=O)(=O)Nc1ccc(C(=O)NCC2(c3ccccc3)CC2)cc1. The Kier molecular flexibility index (Phi) is 4.32. The molecule has 0 atom stereocenters. The number of nitrogens with one attached hydrogen (secondary N) is 2. The highest BCUT2D eigenvalue weighted by Crippen LogP contribution is 2.47. The fourth-order valence-corrected chi connectivity index (χ4v) is 3.33. The van der Waals surface area contributed by atoms with E-state index in [0.717, 1.165) is 19.1 Å². The van der Waals surface area contributed by atoms with Gasteiger partial charge in [0.15, 0.2) is 0 Å². The van der Waals surface area contributed by atoms with Crippen LogP contribution in [0.2, 0.25) is 0 Å². The summed E-state index contributed by atoms with van der Waals surface area (Å²) in [7, 11) is -3.31. The summed E-state index contributed by atoms with van der Waals surface area (Å²) in [5.74, 6) is -0.150. The van der Waals surface area contributed by atoms with Gasteiger partial charge in [-0.3, -0.25) is 9.52 Å². The van der Waals surface area contributed by atoms with Gasteiger partial charge in [0.25, 0.3) is 5.91 Å². The van der Waals surface area contributed by atoms with Crippen LogP contribution in [0.1, 0.15) is 28.8 Å². The predicted octanol–water partition coefficient (Wildman–Crippen LogP) is 2.52. The van der Waals surface area contributed by atoms with Crippen LogP contribution in [0.25, 0.3) is 0 Å². The first-order valence-electron chi connectivity index (χ1n) is 7.80. The van der Waals surface area contributed by atoms with Crippen molar-refractivity contribution in [3.05, 3.63) is 65.7 Å². The Morgan fingerprint density at radius 2 is 1.67 bits per heavy atom. The lowest BCUT2D eigenvalue weighted by atomic mass is 9.96. The van der Waals surface area contributed by atoms with E-state index in [1.807, 2.05) is 18.2 Å². The molecule has 0 aromatic heterocycles. The van der Waals surface area contributed by atoms with Gasteiger partial charge in [0, 0.05) is 23.2 Å². The van der Waals surface area contributed by atoms with Crippen LogP contribution < -0.4 is 10.0 Å². The highest BCUT2D eigenvalue weighted by molar-refractivity contribution is 7.92. The summed E-state index contributed by atoms with van der Waals surface area (Å²) in [6.45, 7) is 0.610. The smallest absolute Gasteiger partial charge is 0.251 e. The molecule has 6 heteroatoms. The van der Waals surface area contributed by atoms with E-state index in [-0.39, 0.29) is 11.3 Å². The van der Waals surface area contributed by atoms with Crippen molar-refractivity contribution in [1.82, 2.24) is 5.32 Å². The molecule has 1 aliphatic carbocycles. The fourth-order valence-electron chi connectivity index (χ4n) is 2.77. The number of benzene rings is 2. The van der Waals surface area contributed by atoms with Crippen molar-refractivity contribution in [1.29, 1.82) is 0 Å². The lowest BCUT2D eigenvalue weighted by Gasteiger charge is -2.16. The second-order valence-corrected chi connectivity index (χ2v) is 8.03. The summed E-state index contributed by atoms with van der Waals surface area (Å²) >= 11 is 0. The average Bonchev–Trinajstić information content (AvgIpc) is 3.34. The van der Waals surface area contributed by atoms with Gasteiger partial charge in [-0.05, 0) is 42.7 Å². The first-order valence-corrected chi connectivity index (χ1v) is 9.69. The Morgan fingerprint density at radius 1 is 1.04 bits per heavy atom. The van der Waals surface area contributed by atoms with Crippen LogP contribution in [0.3, 0.4) is 0 Å². The third-order valence-electron chi connectivity index (χ3n) is 4.28. The maximum atomic E-state index is 12.3. The van der Waals surface area contributed by atoms with Crippen molar-refractivity contribution in [2.45, 2.75) is 18.3 Å². The van der Waals surface area contributed by atoms with E-state index in [0.29, 0.717) is 17.8 Å². The Bertz CT molecular complexity index is 826. The number of carbonyl (C=O) groups is 1. The monoisotopic (exact) mass is 344 g/mol. The normalized spacial score (nSPS) is 15.5. The number of hydrogen-bond donors (Lipinski definition) is 2. The second-order valence-electron chi connectivity index (χ2n) is 6.28. The molecule has 2 aromatic rings. The summed E-state index contributed by atoms with van der Waals surface area (Å²) in [6, 6.07) is 16.6. The quantitative estimate of drug-likeness (QED) is 0.845. The highest BCUT2D eigenvalue weighted by atomic mass is 32.2. The maximum Gasteiger partial charge on any atom is 0.251 e. The van der Waals surface area contributed by atoms with Crippen LogP contribution in [0.5, 0.6) is 0 Å². The summed E-state index contributed by atoms with van der Waals surface area (Å²) in [4.78, 5) is 12.3. The zero-order valence-corrected chi connectivity index (χ0v) is 14.3. The molecule has 2 N–H and O–H groups in total. The molecule has 0 bridgehead atoms. The molecule has 0 unspecified atom stereocenters. The molecule has 126 valence electrons. The molecule has 0 saturated heterocycles. The molecule has 0 spiro atoms. The molecule has 1 saturated carbocycles. The van der Waals surface area contributed by atoms with Crippen LogP contribution in [-0.2, 0) is 15.4 Å². The van der Waals surface area contributed by atoms with E-state index in [4.69, 9.17) is 0 Å². The first kappa shape index (κ1) is 16.5. The van der Waals surface area contributed by atoms with Gasteiger partial charge in [-0.15, -0.1) is 0 Å². The zero-order chi connectivity index (χ0) is 17.2. The molecule has 1 fully saturated rings. The van der Waals surface area contributed by atoms with Crippen LogP contribution in [0.15, 0.2) is 54.6 Å². The van der Waals surface area contributed by atoms with E-state index < -0.39 is 10.0 Å². The zero-order valence-electron chi connectivity index (χ0n) is 13.5. The van der Waals surface area contributed by atoms with E-state index in [1.54, 1.807) is 24.3 Å². The minimum atomic E-state index is -3.31. The predicted molar refractivity (Wildman–Crippen MR) is 94.6 cm³/mol. The summed E-state index contributed by atoms with van der Waals surface area (Å²) in [5.41, 5.74) is 2.28. The van der Waals surface area contributed by atoms with Crippen molar-refractivity contribution in [3.8, 4) is 0 Å². The molecule has 0 heterocycles. The minimum absolute atomic E-state index is 0.0642. The van der Waals surface area contributed by atoms with Gasteiger partial charge in [0.05, 0.1) is 6.26 Å². The van der Waals surface area contributed by atoms with E-state index in [1.165, 1.54) is 5.56 Å². The first-order chi connectivity index (χ1) is 11.4. The summed E-state index contributed by atoms with van der Waals surface area (Å²) < 4.78 is 24.7. The van der Waals surface area contributed by atoms with Crippen LogP contribution in [0, 0.1) is 0 Å². The minimum Gasteiger partial charge on any atom is -0.351 e. The topological polar surface area (TPSA) is 75.3 Å². The van der Waals surface area contributed by atoms with Crippen LogP contribution in [-0.4, -0.2) is 27.1 Å². The summed E-state index contributed by atoms with van der Waals surface area (Å²) in [6.07, 6.45) is 3.25. The third kappa shape index (κ3) is 3.94. The largest absolute Gasteiger partial charge is 0.351 e. The number of anilines is 1. The molecule has 24 heavy (non-hydrogen) atoms. The molecule has 3 rings (SSSR count). The van der Waals surface area contributed by atoms with Gasteiger partial charge in [0.2, 0.25) is 10.0 Å². The van der Waals surface area contributed by atoms with Crippen molar-refractivity contribution >= 4 is 21.6 Å². The number of rotatable bonds is 6. The van der Waals surface area contributed by atoms with Crippen LogP contribution in [0.4, 0.5) is 5.69 Å². The number of amides is 1. The van der Waals surface area contributed by atoms with Gasteiger partial charge in [-0.25, -0.2) is 8.42 Å². The number of hydrogen-bond acceptors (Lipinski definition) is 3. The Morgan fingerprint density at radius 3 is 2.21 bits per heavy atom. The molecular weight excluding hydrogens is 324 g/mol. The number of carbonyl (C=O) groups excluding carboxylic acids is 1. The average molecular weight is 344 g/mol. The van der Waals surface area contributed by atoms with Gasteiger partial charge < -0.3 is 5.32 Å². The molecular formula is C18H20N2O3S. The van der Waals surface area contributed by atoms with E-state index >= 15 is 0 Å². The lowest BCUT2D eigenvalue weighted by Crippen LogP contribution is -2.32. The van der Waals surface area contributed by atoms with Crippen molar-refractivity contribution in [2.75, 3.05) is 17.5 Å². The van der Waals surface area contributed by atoms with E-state index in [9.17, 15) is 13.2 Å². The molecule has 5 nitrogen and oxygen atoms in total. The van der Waals surface area contributed by atoms with Crippen molar-refractivity contribution < 1.29 is 13.2 Å². The Balaban J connectivity index is 1.62. The molecule has 1 aliphatic rings. The van der Waals surface area contributed by atoms with Crippen molar-refractivity contribution in [3.63, 3.8) is 0 Å². The molecule has 0 aliphatic heterocycles. The maximum absolute atomic E-state index is 12.3. The van der Waals surface area contributed by atoms with Gasteiger partial charge in [0.1, 0.15) is 0 Å². The standard InChI is InChI=1S/C18H20N2O3S/c1-24(22,23)20-16-9-7-14(8-10-16)17(21)19-13-18(11-12-18)15-5-3-2-4-6-15/h2-10,20H,11-13H2,1H3,(H,19,21). The molecule has 0 radical (unpaired) electrons. The lowest BCUT2D eigenvalue weighted by molar-refractivity contribution is 0.0949. The fraction of sp³-hybridized carbons (Fsp3) is 0.278. The highest BCUT2D eigenvalue weighted by Gasteiger charge is 2.44. The van der Waals surface area contributed by atoms with Gasteiger partial charge >= 0.3 is 0 Å². The third-order valence-corrected chi connectivity index (χ3v) is 4.88. The Hall–Kier alpha value is -2.34. The second kappa shape index (κ2) is 6.28. The summed E-state index contributed by atoms with van der Waals surface area (Å²) in [5, 5.41) is 2.99. The van der Waals surface area contributed by atoms with Crippen LogP contribution >= 0.6 is 0 Å². The Labute approximate surface area is 142 Å². The van der Waals surface area contributed by atoms with Gasteiger partial charge in [-0.2, -0.15) is 0 Å². The van der Waals surface area contributed by atoms with Gasteiger partial charge in [-0.1, -0.05) is 30.3 Å². The molecule has 2 aromatic carbocycles. The van der Waals surface area contributed by atoms with E-state index in [2.05, 4.69) is 22.2 Å².